The van der Waals surface area contributed by atoms with Gasteiger partial charge >= 0.3 is 6.18 Å². The van der Waals surface area contributed by atoms with Crippen molar-refractivity contribution in [3.05, 3.63) is 35.4 Å². The van der Waals surface area contributed by atoms with Crippen LogP contribution in [-0.2, 0) is 6.18 Å². The molecule has 0 aliphatic rings. The van der Waals surface area contributed by atoms with Crippen molar-refractivity contribution < 1.29 is 13.2 Å². The average molecular weight is 251 g/mol. The van der Waals surface area contributed by atoms with Crippen molar-refractivity contribution in [3.8, 4) is 17.9 Å². The van der Waals surface area contributed by atoms with Gasteiger partial charge in [0.05, 0.1) is 11.6 Å². The first-order valence-electron chi connectivity index (χ1n) is 5.58. The van der Waals surface area contributed by atoms with Crippen LogP contribution in [0.5, 0.6) is 0 Å². The Morgan fingerprint density at radius 2 is 1.72 bits per heavy atom. The van der Waals surface area contributed by atoms with Gasteiger partial charge in [-0.1, -0.05) is 24.0 Å². The molecule has 0 amide bonds. The molecule has 0 heterocycles. The fraction of sp³-hybridized carbons (Fsp3) is 0.357. The SMILES string of the molecule is N#CCCCCC#Cc1ccccc1C(F)(F)F. The average Bonchev–Trinajstić information content (AvgIpc) is 2.33. The highest BCUT2D eigenvalue weighted by Crippen LogP contribution is 2.31. The number of nitriles is 1. The standard InChI is InChI=1S/C14H12F3N/c15-14(16,17)13-10-6-5-9-12(13)8-4-2-1-3-7-11-18/h5-6,9-10H,1-3,7H2. The van der Waals surface area contributed by atoms with Crippen molar-refractivity contribution in [2.24, 2.45) is 0 Å². The van der Waals surface area contributed by atoms with Gasteiger partial charge in [-0.05, 0) is 25.0 Å². The Hall–Kier alpha value is -1.94. The summed E-state index contributed by atoms with van der Waals surface area (Å²) in [6.45, 7) is 0. The van der Waals surface area contributed by atoms with Crippen molar-refractivity contribution in [3.63, 3.8) is 0 Å². The molecule has 0 spiro atoms. The maximum Gasteiger partial charge on any atom is 0.417 e. The van der Waals surface area contributed by atoms with E-state index in [1.807, 2.05) is 6.07 Å². The molecule has 1 aromatic rings. The molecule has 4 heteroatoms. The van der Waals surface area contributed by atoms with Crippen molar-refractivity contribution >= 4 is 0 Å². The van der Waals surface area contributed by atoms with Gasteiger partial charge in [0.1, 0.15) is 0 Å². The van der Waals surface area contributed by atoms with Crippen LogP contribution in [0.25, 0.3) is 0 Å². The molecule has 0 saturated carbocycles. The Labute approximate surface area is 104 Å². The summed E-state index contributed by atoms with van der Waals surface area (Å²) >= 11 is 0. The minimum atomic E-state index is -4.37. The monoisotopic (exact) mass is 251 g/mol. The topological polar surface area (TPSA) is 23.8 Å². The summed E-state index contributed by atoms with van der Waals surface area (Å²) in [6.07, 6.45) is -1.94. The third-order valence-corrected chi connectivity index (χ3v) is 2.30. The summed E-state index contributed by atoms with van der Waals surface area (Å²) in [5.74, 6) is 5.26. The highest BCUT2D eigenvalue weighted by molar-refractivity contribution is 5.42. The van der Waals surface area contributed by atoms with Crippen molar-refractivity contribution in [2.45, 2.75) is 31.9 Å². The van der Waals surface area contributed by atoms with Crippen molar-refractivity contribution in [1.82, 2.24) is 0 Å². The Bertz CT molecular complexity index is 486. The molecule has 18 heavy (non-hydrogen) atoms. The normalized spacial score (nSPS) is 10.3. The Morgan fingerprint density at radius 3 is 2.39 bits per heavy atom. The maximum atomic E-state index is 12.6. The van der Waals surface area contributed by atoms with Gasteiger partial charge in [0.2, 0.25) is 0 Å². The van der Waals surface area contributed by atoms with Gasteiger partial charge in [0.15, 0.2) is 0 Å². The zero-order valence-electron chi connectivity index (χ0n) is 9.72. The first-order chi connectivity index (χ1) is 8.55. The van der Waals surface area contributed by atoms with E-state index in [0.717, 1.165) is 18.9 Å². The van der Waals surface area contributed by atoms with E-state index >= 15 is 0 Å². The van der Waals surface area contributed by atoms with E-state index in [-0.39, 0.29) is 5.56 Å². The van der Waals surface area contributed by atoms with Crippen LogP contribution in [0.2, 0.25) is 0 Å². The molecule has 0 aromatic heterocycles. The van der Waals surface area contributed by atoms with Crippen LogP contribution >= 0.6 is 0 Å². The van der Waals surface area contributed by atoms with Crippen LogP contribution in [-0.4, -0.2) is 0 Å². The smallest absolute Gasteiger partial charge is 0.198 e. The molecule has 0 radical (unpaired) electrons. The predicted octanol–water partition coefficient (Wildman–Crippen LogP) is 4.14. The molecule has 0 aliphatic carbocycles. The number of hydrogen-bond acceptors (Lipinski definition) is 1. The molecule has 0 aliphatic heterocycles. The number of halogens is 3. The van der Waals surface area contributed by atoms with Crippen molar-refractivity contribution in [2.75, 3.05) is 0 Å². The minimum Gasteiger partial charge on any atom is -0.198 e. The van der Waals surface area contributed by atoms with E-state index in [0.29, 0.717) is 12.8 Å². The Kier molecular flexibility index (Phi) is 5.27. The number of alkyl halides is 3. The molecule has 0 fully saturated rings. The summed E-state index contributed by atoms with van der Waals surface area (Å²) < 4.78 is 37.9. The van der Waals surface area contributed by atoms with E-state index in [9.17, 15) is 13.2 Å². The number of hydrogen-bond donors (Lipinski definition) is 0. The van der Waals surface area contributed by atoms with Crippen molar-refractivity contribution in [1.29, 1.82) is 5.26 Å². The molecule has 0 saturated heterocycles. The third-order valence-electron chi connectivity index (χ3n) is 2.30. The lowest BCUT2D eigenvalue weighted by molar-refractivity contribution is -0.137. The molecule has 1 aromatic carbocycles. The highest BCUT2D eigenvalue weighted by atomic mass is 19.4. The summed E-state index contributed by atoms with van der Waals surface area (Å²) in [5, 5.41) is 8.32. The molecule has 1 nitrogen and oxygen atoms in total. The molecular formula is C14H12F3N. The van der Waals surface area contributed by atoms with E-state index in [1.165, 1.54) is 18.2 Å². The minimum absolute atomic E-state index is 0.00489. The van der Waals surface area contributed by atoms with Gasteiger partial charge < -0.3 is 0 Å². The maximum absolute atomic E-state index is 12.6. The van der Waals surface area contributed by atoms with E-state index in [4.69, 9.17) is 5.26 Å². The van der Waals surface area contributed by atoms with Gasteiger partial charge in [0, 0.05) is 18.4 Å². The second-order valence-electron chi connectivity index (χ2n) is 3.71. The van der Waals surface area contributed by atoms with E-state index in [1.54, 1.807) is 0 Å². The van der Waals surface area contributed by atoms with Crippen LogP contribution in [0.3, 0.4) is 0 Å². The largest absolute Gasteiger partial charge is 0.417 e. The molecular weight excluding hydrogens is 239 g/mol. The van der Waals surface area contributed by atoms with E-state index < -0.39 is 11.7 Å². The summed E-state index contributed by atoms with van der Waals surface area (Å²) in [6, 6.07) is 7.29. The summed E-state index contributed by atoms with van der Waals surface area (Å²) in [7, 11) is 0. The van der Waals surface area contributed by atoms with Crippen LogP contribution < -0.4 is 0 Å². The van der Waals surface area contributed by atoms with Gasteiger partial charge in [0.25, 0.3) is 0 Å². The fourth-order valence-corrected chi connectivity index (χ4v) is 1.41. The number of benzene rings is 1. The van der Waals surface area contributed by atoms with Gasteiger partial charge in [-0.15, -0.1) is 0 Å². The highest BCUT2D eigenvalue weighted by Gasteiger charge is 2.32. The zero-order valence-corrected chi connectivity index (χ0v) is 9.72. The van der Waals surface area contributed by atoms with E-state index in [2.05, 4.69) is 11.8 Å². The number of nitrogens with zero attached hydrogens (tertiary/aromatic N) is 1. The summed E-state index contributed by atoms with van der Waals surface area (Å²) in [5.41, 5.74) is -0.695. The molecule has 0 unspecified atom stereocenters. The molecule has 0 N–H and O–H groups in total. The first-order valence-corrected chi connectivity index (χ1v) is 5.58. The third kappa shape index (κ3) is 4.51. The molecule has 94 valence electrons. The Morgan fingerprint density at radius 1 is 1.06 bits per heavy atom. The second-order valence-corrected chi connectivity index (χ2v) is 3.71. The Balaban J connectivity index is 2.68. The fourth-order valence-electron chi connectivity index (χ4n) is 1.41. The lowest BCUT2D eigenvalue weighted by Gasteiger charge is -2.07. The quantitative estimate of drug-likeness (QED) is 0.585. The van der Waals surface area contributed by atoms with Crippen LogP contribution in [0, 0.1) is 23.2 Å². The van der Waals surface area contributed by atoms with Gasteiger partial charge in [-0.2, -0.15) is 18.4 Å². The lowest BCUT2D eigenvalue weighted by Crippen LogP contribution is -2.07. The molecule has 0 atom stereocenters. The number of unbranched alkanes of at least 4 members (excludes halogenated alkanes) is 3. The molecule has 0 bridgehead atoms. The lowest BCUT2D eigenvalue weighted by atomic mass is 10.1. The van der Waals surface area contributed by atoms with Gasteiger partial charge in [-0.25, -0.2) is 0 Å². The first kappa shape index (κ1) is 14.1. The molecule has 1 rings (SSSR count). The van der Waals surface area contributed by atoms with Crippen LogP contribution in [0.15, 0.2) is 24.3 Å². The predicted molar refractivity (Wildman–Crippen MR) is 62.4 cm³/mol. The number of rotatable bonds is 3. The van der Waals surface area contributed by atoms with Crippen LogP contribution in [0.1, 0.15) is 36.8 Å². The van der Waals surface area contributed by atoms with Crippen LogP contribution in [0.4, 0.5) is 13.2 Å². The second kappa shape index (κ2) is 6.71. The van der Waals surface area contributed by atoms with Gasteiger partial charge in [-0.3, -0.25) is 0 Å². The summed E-state index contributed by atoms with van der Waals surface area (Å²) in [4.78, 5) is 0. The zero-order chi connectivity index (χ0) is 13.4.